The van der Waals surface area contributed by atoms with Crippen LogP contribution < -0.4 is 10.5 Å². The molecular formula is C13H13F2N3O. The van der Waals surface area contributed by atoms with Crippen LogP contribution in [0.2, 0.25) is 0 Å². The van der Waals surface area contributed by atoms with Gasteiger partial charge >= 0.3 is 0 Å². The fourth-order valence-electron chi connectivity index (χ4n) is 2.58. The molecule has 0 fully saturated rings. The molecule has 4 nitrogen and oxygen atoms in total. The average molecular weight is 265 g/mol. The normalized spacial score (nSPS) is 21.5. The van der Waals surface area contributed by atoms with E-state index in [1.54, 1.807) is 12.4 Å². The van der Waals surface area contributed by atoms with E-state index >= 15 is 0 Å². The first-order valence-corrected chi connectivity index (χ1v) is 5.91. The number of halogens is 2. The fourth-order valence-corrected chi connectivity index (χ4v) is 2.58. The topological polar surface area (TPSA) is 53.1 Å². The van der Waals surface area contributed by atoms with Crippen LogP contribution in [-0.2, 0) is 6.54 Å². The molecule has 0 aliphatic carbocycles. The molecule has 1 aliphatic heterocycles. The summed E-state index contributed by atoms with van der Waals surface area (Å²) in [5, 5.41) is 0. The van der Waals surface area contributed by atoms with Crippen molar-refractivity contribution in [1.29, 1.82) is 0 Å². The van der Waals surface area contributed by atoms with Crippen molar-refractivity contribution in [3.05, 3.63) is 47.5 Å². The predicted octanol–water partition coefficient (Wildman–Crippen LogP) is 1.97. The number of imidazole rings is 1. The lowest BCUT2D eigenvalue weighted by atomic mass is 9.93. The molecule has 0 radical (unpaired) electrons. The van der Waals surface area contributed by atoms with Gasteiger partial charge in [-0.1, -0.05) is 0 Å². The van der Waals surface area contributed by atoms with Crippen LogP contribution in [0.15, 0.2) is 24.5 Å². The number of fused-ring (bicyclic) bond motifs is 1. The SMILES string of the molecule is COc1cc(F)c([C@@H]2Cn3ccnc3[C@H]2N)c(F)c1. The van der Waals surface area contributed by atoms with Gasteiger partial charge in [0.1, 0.15) is 23.2 Å². The van der Waals surface area contributed by atoms with Crippen molar-refractivity contribution in [3.63, 3.8) is 0 Å². The molecular weight excluding hydrogens is 252 g/mol. The Balaban J connectivity index is 2.03. The van der Waals surface area contributed by atoms with Crippen molar-refractivity contribution in [2.45, 2.75) is 18.5 Å². The molecule has 0 amide bonds. The zero-order valence-corrected chi connectivity index (χ0v) is 10.3. The standard InChI is InChI=1S/C13H13F2N3O/c1-19-7-4-9(14)11(10(15)5-7)8-6-18-3-2-17-13(18)12(8)16/h2-5,8,12H,6,16H2,1H3/t8-,12-/m0/s1. The summed E-state index contributed by atoms with van der Waals surface area (Å²) in [6.45, 7) is 0.427. The van der Waals surface area contributed by atoms with Gasteiger partial charge in [-0.15, -0.1) is 0 Å². The van der Waals surface area contributed by atoms with Crippen molar-refractivity contribution in [2.75, 3.05) is 7.11 Å². The van der Waals surface area contributed by atoms with E-state index in [9.17, 15) is 8.78 Å². The van der Waals surface area contributed by atoms with Crippen molar-refractivity contribution >= 4 is 0 Å². The number of nitrogens with two attached hydrogens (primary N) is 1. The summed E-state index contributed by atoms with van der Waals surface area (Å²) in [5.74, 6) is -0.914. The molecule has 1 aliphatic rings. The Kier molecular flexibility index (Phi) is 2.74. The van der Waals surface area contributed by atoms with Gasteiger partial charge in [0.25, 0.3) is 0 Å². The molecule has 0 bridgehead atoms. The van der Waals surface area contributed by atoms with E-state index in [0.29, 0.717) is 12.4 Å². The zero-order valence-electron chi connectivity index (χ0n) is 10.3. The summed E-state index contributed by atoms with van der Waals surface area (Å²) in [5.41, 5.74) is 6.03. The number of nitrogens with zero attached hydrogens (tertiary/aromatic N) is 2. The van der Waals surface area contributed by atoms with E-state index in [1.165, 1.54) is 19.2 Å². The van der Waals surface area contributed by atoms with E-state index < -0.39 is 23.6 Å². The summed E-state index contributed by atoms with van der Waals surface area (Å²) < 4.78 is 34.8. The van der Waals surface area contributed by atoms with E-state index in [4.69, 9.17) is 10.5 Å². The minimum Gasteiger partial charge on any atom is -0.497 e. The predicted molar refractivity (Wildman–Crippen MR) is 64.8 cm³/mol. The molecule has 2 atom stereocenters. The Hall–Kier alpha value is -1.95. The molecule has 6 heteroatoms. The van der Waals surface area contributed by atoms with E-state index in [-0.39, 0.29) is 11.3 Å². The summed E-state index contributed by atoms with van der Waals surface area (Å²) in [6.07, 6.45) is 3.39. The number of aromatic nitrogens is 2. The Labute approximate surface area is 108 Å². The van der Waals surface area contributed by atoms with Gasteiger partial charge in [-0.3, -0.25) is 0 Å². The molecule has 2 heterocycles. The van der Waals surface area contributed by atoms with E-state index in [2.05, 4.69) is 4.98 Å². The van der Waals surface area contributed by atoms with Crippen molar-refractivity contribution in [2.24, 2.45) is 5.73 Å². The van der Waals surface area contributed by atoms with Gasteiger partial charge in [0.15, 0.2) is 0 Å². The molecule has 0 spiro atoms. The molecule has 3 rings (SSSR count). The van der Waals surface area contributed by atoms with Crippen LogP contribution in [0.4, 0.5) is 8.78 Å². The third-order valence-electron chi connectivity index (χ3n) is 3.53. The molecule has 1 aromatic carbocycles. The molecule has 2 N–H and O–H groups in total. The van der Waals surface area contributed by atoms with Gasteiger partial charge in [-0.05, 0) is 0 Å². The highest BCUT2D eigenvalue weighted by Gasteiger charge is 2.35. The average Bonchev–Trinajstić information content (AvgIpc) is 2.93. The molecule has 0 saturated carbocycles. The highest BCUT2D eigenvalue weighted by Crippen LogP contribution is 2.39. The highest BCUT2D eigenvalue weighted by atomic mass is 19.1. The van der Waals surface area contributed by atoms with Gasteiger partial charge in [0.2, 0.25) is 0 Å². The molecule has 1 aromatic heterocycles. The minimum absolute atomic E-state index is 0.00111. The second-order valence-corrected chi connectivity index (χ2v) is 4.57. The summed E-state index contributed by atoms with van der Waals surface area (Å²) >= 11 is 0. The van der Waals surface area contributed by atoms with Crippen LogP contribution in [0.3, 0.4) is 0 Å². The third kappa shape index (κ3) is 1.79. The van der Waals surface area contributed by atoms with Crippen molar-refractivity contribution in [3.8, 4) is 5.75 Å². The molecule has 19 heavy (non-hydrogen) atoms. The summed E-state index contributed by atoms with van der Waals surface area (Å²) in [4.78, 5) is 4.11. The monoisotopic (exact) mass is 265 g/mol. The minimum atomic E-state index is -0.636. The Morgan fingerprint density at radius 3 is 2.63 bits per heavy atom. The van der Waals surface area contributed by atoms with Crippen molar-refractivity contribution in [1.82, 2.24) is 9.55 Å². The second-order valence-electron chi connectivity index (χ2n) is 4.57. The van der Waals surface area contributed by atoms with Gasteiger partial charge in [0.05, 0.1) is 13.2 Å². The summed E-state index contributed by atoms with van der Waals surface area (Å²) in [6, 6.07) is 1.84. The van der Waals surface area contributed by atoms with Gasteiger partial charge in [-0.25, -0.2) is 13.8 Å². The van der Waals surface area contributed by atoms with E-state index in [1.807, 2.05) is 4.57 Å². The number of ether oxygens (including phenoxy) is 1. The van der Waals surface area contributed by atoms with Crippen LogP contribution in [0.1, 0.15) is 23.3 Å². The largest absolute Gasteiger partial charge is 0.497 e. The Bertz CT molecular complexity index is 603. The van der Waals surface area contributed by atoms with Crippen LogP contribution in [0.5, 0.6) is 5.75 Å². The maximum Gasteiger partial charge on any atom is 0.133 e. The Morgan fingerprint density at radius 1 is 1.37 bits per heavy atom. The quantitative estimate of drug-likeness (QED) is 0.903. The molecule has 2 aromatic rings. The highest BCUT2D eigenvalue weighted by molar-refractivity contribution is 5.35. The molecule has 0 unspecified atom stereocenters. The van der Waals surface area contributed by atoms with Gasteiger partial charge < -0.3 is 15.0 Å². The lowest BCUT2D eigenvalue weighted by Gasteiger charge is -2.17. The maximum absolute atomic E-state index is 14.0. The lowest BCUT2D eigenvalue weighted by Crippen LogP contribution is -2.18. The van der Waals surface area contributed by atoms with Crippen LogP contribution in [-0.4, -0.2) is 16.7 Å². The maximum atomic E-state index is 14.0. The number of methoxy groups -OCH3 is 1. The van der Waals surface area contributed by atoms with Crippen LogP contribution in [0.25, 0.3) is 0 Å². The first-order valence-electron chi connectivity index (χ1n) is 5.91. The first-order chi connectivity index (χ1) is 9.11. The number of rotatable bonds is 2. The Morgan fingerprint density at radius 2 is 2.05 bits per heavy atom. The van der Waals surface area contributed by atoms with Gasteiger partial charge in [-0.2, -0.15) is 0 Å². The molecule has 100 valence electrons. The van der Waals surface area contributed by atoms with Crippen molar-refractivity contribution < 1.29 is 13.5 Å². The number of hydrogen-bond donors (Lipinski definition) is 1. The molecule has 0 saturated heterocycles. The van der Waals surface area contributed by atoms with Gasteiger partial charge in [0, 0.05) is 42.6 Å². The first kappa shape index (κ1) is 12.1. The van der Waals surface area contributed by atoms with E-state index in [0.717, 1.165) is 0 Å². The smallest absolute Gasteiger partial charge is 0.133 e. The number of benzene rings is 1. The number of hydrogen-bond acceptors (Lipinski definition) is 3. The fraction of sp³-hybridized carbons (Fsp3) is 0.308. The third-order valence-corrected chi connectivity index (χ3v) is 3.53. The second kappa shape index (κ2) is 4.31. The lowest BCUT2D eigenvalue weighted by molar-refractivity contribution is 0.401. The van der Waals surface area contributed by atoms with Crippen LogP contribution in [0, 0.1) is 11.6 Å². The zero-order chi connectivity index (χ0) is 13.6. The summed E-state index contributed by atoms with van der Waals surface area (Å²) in [7, 11) is 1.37. The van der Waals surface area contributed by atoms with Crippen LogP contribution >= 0.6 is 0 Å².